The van der Waals surface area contributed by atoms with E-state index in [2.05, 4.69) is 15.6 Å². The molecule has 2 aromatic carbocycles. The smallest absolute Gasteiger partial charge is 0.325 e. The predicted octanol–water partition coefficient (Wildman–Crippen LogP) is 3.22. The van der Waals surface area contributed by atoms with E-state index in [0.29, 0.717) is 16.4 Å². The average Bonchev–Trinajstić information content (AvgIpc) is 3.33. The zero-order valence-electron chi connectivity index (χ0n) is 16.9. The van der Waals surface area contributed by atoms with Gasteiger partial charge in [0, 0.05) is 10.9 Å². The summed E-state index contributed by atoms with van der Waals surface area (Å²) >= 11 is 1.26. The van der Waals surface area contributed by atoms with Crippen molar-refractivity contribution < 1.29 is 19.1 Å². The monoisotopic (exact) mass is 436 g/mol. The lowest BCUT2D eigenvalue weighted by atomic mass is 9.92. The van der Waals surface area contributed by atoms with Crippen LogP contribution in [0.1, 0.15) is 12.5 Å². The summed E-state index contributed by atoms with van der Waals surface area (Å²) in [6.07, 6.45) is 0. The minimum Gasteiger partial charge on any atom is -0.497 e. The van der Waals surface area contributed by atoms with Crippen molar-refractivity contribution in [1.29, 1.82) is 0 Å². The van der Waals surface area contributed by atoms with Crippen LogP contribution < -0.4 is 15.4 Å². The number of aromatic nitrogens is 1. The van der Waals surface area contributed by atoms with Crippen LogP contribution in [0.5, 0.6) is 5.75 Å². The van der Waals surface area contributed by atoms with Crippen LogP contribution >= 0.6 is 11.3 Å². The van der Waals surface area contributed by atoms with Gasteiger partial charge in [0.2, 0.25) is 5.91 Å². The number of hydrogen-bond acceptors (Lipinski definition) is 6. The first kappa shape index (κ1) is 20.5. The maximum atomic E-state index is 12.9. The molecule has 0 spiro atoms. The molecule has 8 nitrogen and oxygen atoms in total. The van der Waals surface area contributed by atoms with E-state index in [1.54, 1.807) is 38.3 Å². The summed E-state index contributed by atoms with van der Waals surface area (Å²) < 4.78 is 5.15. The first-order valence-corrected chi connectivity index (χ1v) is 10.4. The molecule has 2 N–H and O–H groups in total. The van der Waals surface area contributed by atoms with Gasteiger partial charge >= 0.3 is 6.03 Å². The molecule has 1 fully saturated rings. The van der Waals surface area contributed by atoms with Crippen molar-refractivity contribution in [3.8, 4) is 17.0 Å². The Labute approximate surface area is 182 Å². The summed E-state index contributed by atoms with van der Waals surface area (Å²) in [7, 11) is 1.60. The Morgan fingerprint density at radius 1 is 1.16 bits per heavy atom. The summed E-state index contributed by atoms with van der Waals surface area (Å²) in [5, 5.41) is 7.54. The summed E-state index contributed by atoms with van der Waals surface area (Å²) in [6, 6.07) is 15.7. The van der Waals surface area contributed by atoms with Crippen LogP contribution in [0, 0.1) is 0 Å². The molecule has 4 rings (SSSR count). The van der Waals surface area contributed by atoms with Crippen LogP contribution in [-0.4, -0.2) is 41.4 Å². The maximum Gasteiger partial charge on any atom is 0.325 e. The van der Waals surface area contributed by atoms with Crippen LogP contribution in [0.3, 0.4) is 0 Å². The van der Waals surface area contributed by atoms with Gasteiger partial charge in [0.25, 0.3) is 5.91 Å². The number of thiazole rings is 1. The van der Waals surface area contributed by atoms with E-state index < -0.39 is 29.9 Å². The normalized spacial score (nSPS) is 18.1. The predicted molar refractivity (Wildman–Crippen MR) is 117 cm³/mol. The number of rotatable bonds is 6. The molecule has 4 amide bonds. The van der Waals surface area contributed by atoms with Crippen LogP contribution in [0.15, 0.2) is 60.0 Å². The molecule has 1 atom stereocenters. The number of ether oxygens (including phenoxy) is 1. The number of anilines is 1. The lowest BCUT2D eigenvalue weighted by molar-refractivity contribution is -0.133. The lowest BCUT2D eigenvalue weighted by Gasteiger charge is -2.21. The molecular weight excluding hydrogens is 416 g/mol. The van der Waals surface area contributed by atoms with Gasteiger partial charge in [-0.25, -0.2) is 9.78 Å². The Kier molecular flexibility index (Phi) is 5.43. The van der Waals surface area contributed by atoms with E-state index in [0.717, 1.165) is 16.2 Å². The van der Waals surface area contributed by atoms with Gasteiger partial charge in [0.1, 0.15) is 17.8 Å². The van der Waals surface area contributed by atoms with Crippen molar-refractivity contribution in [2.45, 2.75) is 12.5 Å². The molecule has 0 saturated carbocycles. The first-order chi connectivity index (χ1) is 14.9. The summed E-state index contributed by atoms with van der Waals surface area (Å²) in [6.45, 7) is 1.23. The molecule has 1 aromatic heterocycles. The standard InChI is InChI=1S/C22H20N4O4S/c1-22(15-6-4-3-5-7-15)19(28)26(21(29)25-22)12-18(27)24-20-23-17(13-31-20)14-8-10-16(30-2)11-9-14/h3-11,13H,12H2,1-2H3,(H,25,29)(H,23,24,27)/t22-/m1/s1. The van der Waals surface area contributed by atoms with E-state index in [1.807, 2.05) is 35.7 Å². The Balaban J connectivity index is 1.43. The van der Waals surface area contributed by atoms with Crippen LogP contribution in [-0.2, 0) is 15.1 Å². The fourth-order valence-corrected chi connectivity index (χ4v) is 4.07. The van der Waals surface area contributed by atoms with Crippen LogP contribution in [0.25, 0.3) is 11.3 Å². The first-order valence-electron chi connectivity index (χ1n) is 9.50. The maximum absolute atomic E-state index is 12.9. The van der Waals surface area contributed by atoms with Gasteiger partial charge in [0.15, 0.2) is 5.13 Å². The van der Waals surface area contributed by atoms with Crippen molar-refractivity contribution in [2.75, 3.05) is 19.0 Å². The number of nitrogens with zero attached hydrogens (tertiary/aromatic N) is 2. The second-order valence-electron chi connectivity index (χ2n) is 7.13. The van der Waals surface area contributed by atoms with Gasteiger partial charge in [-0.3, -0.25) is 14.5 Å². The molecule has 1 saturated heterocycles. The van der Waals surface area contributed by atoms with Gasteiger partial charge in [-0.2, -0.15) is 0 Å². The molecule has 0 aliphatic carbocycles. The summed E-state index contributed by atoms with van der Waals surface area (Å²) in [4.78, 5) is 43.1. The highest BCUT2D eigenvalue weighted by atomic mass is 32.1. The summed E-state index contributed by atoms with van der Waals surface area (Å²) in [5.41, 5.74) is 1.03. The zero-order chi connectivity index (χ0) is 22.0. The Bertz CT molecular complexity index is 1130. The quantitative estimate of drug-likeness (QED) is 0.578. The molecular formula is C22H20N4O4S. The third kappa shape index (κ3) is 3.99. The number of benzene rings is 2. The Hall–Kier alpha value is -3.72. The topological polar surface area (TPSA) is 101 Å². The van der Waals surface area contributed by atoms with Gasteiger partial charge in [-0.1, -0.05) is 30.3 Å². The molecule has 0 unspecified atom stereocenters. The fraction of sp³-hybridized carbons (Fsp3) is 0.182. The fourth-order valence-electron chi connectivity index (χ4n) is 3.34. The highest BCUT2D eigenvalue weighted by Gasteiger charge is 2.49. The van der Waals surface area contributed by atoms with E-state index in [-0.39, 0.29) is 0 Å². The molecule has 1 aliphatic rings. The van der Waals surface area contributed by atoms with Crippen molar-refractivity contribution in [1.82, 2.24) is 15.2 Å². The van der Waals surface area contributed by atoms with Gasteiger partial charge in [0.05, 0.1) is 12.8 Å². The number of nitrogens with one attached hydrogen (secondary N) is 2. The minimum atomic E-state index is -1.21. The number of hydrogen-bond donors (Lipinski definition) is 2. The molecule has 158 valence electrons. The number of carbonyl (C=O) groups is 3. The second kappa shape index (κ2) is 8.19. The number of amides is 4. The van der Waals surface area contributed by atoms with Crippen LogP contribution in [0.2, 0.25) is 0 Å². The van der Waals surface area contributed by atoms with Crippen molar-refractivity contribution in [3.63, 3.8) is 0 Å². The molecule has 0 bridgehead atoms. The van der Waals surface area contributed by atoms with E-state index >= 15 is 0 Å². The zero-order valence-corrected chi connectivity index (χ0v) is 17.7. The Morgan fingerprint density at radius 2 is 1.87 bits per heavy atom. The van der Waals surface area contributed by atoms with E-state index in [9.17, 15) is 14.4 Å². The largest absolute Gasteiger partial charge is 0.497 e. The van der Waals surface area contributed by atoms with Crippen molar-refractivity contribution >= 4 is 34.3 Å². The van der Waals surface area contributed by atoms with Crippen molar-refractivity contribution in [2.24, 2.45) is 0 Å². The van der Waals surface area contributed by atoms with Gasteiger partial charge in [-0.15, -0.1) is 11.3 Å². The number of carbonyl (C=O) groups excluding carboxylic acids is 3. The average molecular weight is 436 g/mol. The molecule has 1 aliphatic heterocycles. The molecule has 3 aromatic rings. The molecule has 31 heavy (non-hydrogen) atoms. The highest BCUT2D eigenvalue weighted by Crippen LogP contribution is 2.29. The summed E-state index contributed by atoms with van der Waals surface area (Å²) in [5.74, 6) is -0.239. The van der Waals surface area contributed by atoms with E-state index in [1.165, 1.54) is 11.3 Å². The lowest BCUT2D eigenvalue weighted by Crippen LogP contribution is -2.42. The number of urea groups is 1. The molecule has 9 heteroatoms. The second-order valence-corrected chi connectivity index (χ2v) is 7.99. The Morgan fingerprint density at radius 3 is 2.55 bits per heavy atom. The van der Waals surface area contributed by atoms with Crippen LogP contribution in [0.4, 0.5) is 9.93 Å². The number of methoxy groups -OCH3 is 1. The van der Waals surface area contributed by atoms with Gasteiger partial charge in [-0.05, 0) is 36.8 Å². The SMILES string of the molecule is COc1ccc(-c2csc(NC(=O)CN3C(=O)N[C@](C)(c4ccccc4)C3=O)n2)cc1. The van der Waals surface area contributed by atoms with Crippen molar-refractivity contribution in [3.05, 3.63) is 65.5 Å². The third-order valence-electron chi connectivity index (χ3n) is 5.06. The number of imide groups is 1. The third-order valence-corrected chi connectivity index (χ3v) is 5.82. The van der Waals surface area contributed by atoms with Gasteiger partial charge < -0.3 is 15.4 Å². The minimum absolute atomic E-state index is 0.383. The highest BCUT2D eigenvalue weighted by molar-refractivity contribution is 7.14. The van der Waals surface area contributed by atoms with E-state index in [4.69, 9.17) is 4.74 Å². The molecule has 0 radical (unpaired) electrons. The molecule has 2 heterocycles.